The zero-order valence-corrected chi connectivity index (χ0v) is 11.3. The van der Waals surface area contributed by atoms with Gasteiger partial charge in [0, 0.05) is 12.0 Å². The van der Waals surface area contributed by atoms with E-state index in [2.05, 4.69) is 23.0 Å². The number of carbonyl (C=O) groups is 1. The number of fused-ring (bicyclic) bond motifs is 1. The van der Waals surface area contributed by atoms with Crippen LogP contribution >= 0.6 is 0 Å². The van der Waals surface area contributed by atoms with Gasteiger partial charge in [0.15, 0.2) is 0 Å². The Morgan fingerprint density at radius 3 is 2.80 bits per heavy atom. The third-order valence-corrected chi connectivity index (χ3v) is 4.30. The lowest BCUT2D eigenvalue weighted by Crippen LogP contribution is -2.39. The molecule has 5 heteroatoms. The van der Waals surface area contributed by atoms with E-state index in [0.29, 0.717) is 6.61 Å². The predicted octanol–water partition coefficient (Wildman–Crippen LogP) is 1.30. The molecule has 4 atom stereocenters. The van der Waals surface area contributed by atoms with Crippen molar-refractivity contribution >= 4 is 5.97 Å². The first-order chi connectivity index (χ1) is 9.74. The van der Waals surface area contributed by atoms with Crippen LogP contribution in [0.15, 0.2) is 30.3 Å². The molecule has 2 fully saturated rings. The van der Waals surface area contributed by atoms with Crippen molar-refractivity contribution in [3.63, 3.8) is 0 Å². The summed E-state index contributed by atoms with van der Waals surface area (Å²) >= 11 is 0. The molecule has 1 heterocycles. The van der Waals surface area contributed by atoms with Crippen molar-refractivity contribution in [2.45, 2.75) is 44.1 Å². The molecule has 1 aromatic rings. The van der Waals surface area contributed by atoms with Gasteiger partial charge in [0.05, 0.1) is 12.7 Å². The molecule has 2 aliphatic rings. The third-order valence-electron chi connectivity index (χ3n) is 4.30. The largest absolute Gasteiger partial charge is 0.480 e. The van der Waals surface area contributed by atoms with Crippen molar-refractivity contribution in [3.05, 3.63) is 35.9 Å². The second-order valence-corrected chi connectivity index (χ2v) is 5.61. The fourth-order valence-corrected chi connectivity index (χ4v) is 3.21. The van der Waals surface area contributed by atoms with Crippen LogP contribution in [0.3, 0.4) is 0 Å². The molecule has 4 unspecified atom stereocenters. The van der Waals surface area contributed by atoms with E-state index in [1.165, 1.54) is 5.56 Å². The molecule has 1 aliphatic heterocycles. The van der Waals surface area contributed by atoms with Gasteiger partial charge in [0.1, 0.15) is 6.04 Å². The number of hydrogen-bond acceptors (Lipinski definition) is 4. The van der Waals surface area contributed by atoms with Crippen LogP contribution < -0.4 is 10.9 Å². The minimum Gasteiger partial charge on any atom is -0.480 e. The first-order valence-corrected chi connectivity index (χ1v) is 7.13. The summed E-state index contributed by atoms with van der Waals surface area (Å²) in [5, 5.41) is 9.14. The van der Waals surface area contributed by atoms with Gasteiger partial charge in [0.25, 0.3) is 0 Å². The van der Waals surface area contributed by atoms with E-state index >= 15 is 0 Å². The molecule has 108 valence electrons. The Labute approximate surface area is 118 Å². The fraction of sp³-hybridized carbons (Fsp3) is 0.533. The number of ether oxygens (including phenoxy) is 1. The maximum Gasteiger partial charge on any atom is 0.322 e. The molecule has 5 nitrogen and oxygen atoms in total. The van der Waals surface area contributed by atoms with Gasteiger partial charge in [-0.25, -0.2) is 5.43 Å². The van der Waals surface area contributed by atoms with Gasteiger partial charge in [0.2, 0.25) is 0 Å². The molecular weight excluding hydrogens is 256 g/mol. The van der Waals surface area contributed by atoms with Gasteiger partial charge in [-0.1, -0.05) is 30.3 Å². The third kappa shape index (κ3) is 2.85. The van der Waals surface area contributed by atoms with Crippen LogP contribution in [-0.4, -0.2) is 29.3 Å². The molecule has 0 spiro atoms. The van der Waals surface area contributed by atoms with Gasteiger partial charge in [-0.3, -0.25) is 10.2 Å². The quantitative estimate of drug-likeness (QED) is 0.773. The summed E-state index contributed by atoms with van der Waals surface area (Å²) in [5.74, 6) is -0.599. The second-order valence-electron chi connectivity index (χ2n) is 5.61. The SMILES string of the molecule is O=C(O)C1NNC2CC(OCc3ccccc3)CCC21. The van der Waals surface area contributed by atoms with Crippen molar-refractivity contribution < 1.29 is 14.6 Å². The van der Waals surface area contributed by atoms with Crippen molar-refractivity contribution in [2.75, 3.05) is 0 Å². The van der Waals surface area contributed by atoms with Crippen molar-refractivity contribution in [1.29, 1.82) is 0 Å². The van der Waals surface area contributed by atoms with Crippen LogP contribution in [-0.2, 0) is 16.1 Å². The Balaban J connectivity index is 1.52. The van der Waals surface area contributed by atoms with E-state index in [9.17, 15) is 4.79 Å². The maximum absolute atomic E-state index is 11.1. The Kier molecular flexibility index (Phi) is 4.00. The first kappa shape index (κ1) is 13.5. The maximum atomic E-state index is 11.1. The number of carboxylic acids is 1. The predicted molar refractivity (Wildman–Crippen MR) is 73.8 cm³/mol. The van der Waals surface area contributed by atoms with Gasteiger partial charge >= 0.3 is 5.97 Å². The number of benzene rings is 1. The first-order valence-electron chi connectivity index (χ1n) is 7.13. The topological polar surface area (TPSA) is 70.6 Å². The number of hydrazine groups is 1. The number of carboxylic acid groups (broad SMARTS) is 1. The molecule has 20 heavy (non-hydrogen) atoms. The number of aliphatic carboxylic acids is 1. The number of hydrogen-bond donors (Lipinski definition) is 3. The van der Waals surface area contributed by atoms with Gasteiger partial charge < -0.3 is 9.84 Å². The monoisotopic (exact) mass is 276 g/mol. The molecule has 3 rings (SSSR count). The summed E-state index contributed by atoms with van der Waals surface area (Å²) in [5.41, 5.74) is 7.17. The average molecular weight is 276 g/mol. The molecule has 1 saturated heterocycles. The van der Waals surface area contributed by atoms with Gasteiger partial charge in [-0.05, 0) is 24.8 Å². The molecule has 1 saturated carbocycles. The zero-order valence-electron chi connectivity index (χ0n) is 11.3. The Hall–Kier alpha value is -1.43. The van der Waals surface area contributed by atoms with E-state index in [-0.39, 0.29) is 18.1 Å². The molecule has 0 radical (unpaired) electrons. The molecule has 0 aromatic heterocycles. The number of nitrogens with one attached hydrogen (secondary N) is 2. The highest BCUT2D eigenvalue weighted by atomic mass is 16.5. The summed E-state index contributed by atoms with van der Waals surface area (Å²) in [6, 6.07) is 9.86. The standard InChI is InChI=1S/C15H20N2O3/c18-15(19)14-12-7-6-11(8-13(12)16-17-14)20-9-10-4-2-1-3-5-10/h1-5,11-14,16-17H,6-9H2,(H,18,19). The van der Waals surface area contributed by atoms with Gasteiger partial charge in [-0.15, -0.1) is 0 Å². The molecule has 3 N–H and O–H groups in total. The van der Waals surface area contributed by atoms with E-state index in [1.807, 2.05) is 18.2 Å². The summed E-state index contributed by atoms with van der Waals surface area (Å²) < 4.78 is 5.96. The van der Waals surface area contributed by atoms with Crippen LogP contribution in [0.25, 0.3) is 0 Å². The van der Waals surface area contributed by atoms with Crippen molar-refractivity contribution in [1.82, 2.24) is 10.9 Å². The van der Waals surface area contributed by atoms with E-state index in [4.69, 9.17) is 9.84 Å². The van der Waals surface area contributed by atoms with Crippen molar-refractivity contribution in [3.8, 4) is 0 Å². The summed E-state index contributed by atoms with van der Waals surface area (Å²) in [4.78, 5) is 11.1. The van der Waals surface area contributed by atoms with Crippen LogP contribution in [0, 0.1) is 5.92 Å². The van der Waals surface area contributed by atoms with E-state index < -0.39 is 12.0 Å². The summed E-state index contributed by atoms with van der Waals surface area (Å²) in [6.07, 6.45) is 2.90. The lowest BCUT2D eigenvalue weighted by molar-refractivity contribution is -0.140. The Morgan fingerprint density at radius 1 is 1.25 bits per heavy atom. The highest BCUT2D eigenvalue weighted by Gasteiger charge is 2.43. The second kappa shape index (κ2) is 5.91. The van der Waals surface area contributed by atoms with Gasteiger partial charge in [-0.2, -0.15) is 0 Å². The molecule has 1 aromatic carbocycles. The number of rotatable bonds is 4. The Bertz CT molecular complexity index is 465. The Morgan fingerprint density at radius 2 is 2.05 bits per heavy atom. The minimum atomic E-state index is -0.770. The van der Waals surface area contributed by atoms with Crippen LogP contribution in [0.4, 0.5) is 0 Å². The zero-order chi connectivity index (χ0) is 13.9. The normalized spacial score (nSPS) is 32.8. The van der Waals surface area contributed by atoms with E-state index in [0.717, 1.165) is 19.3 Å². The highest BCUT2D eigenvalue weighted by Crippen LogP contribution is 2.32. The van der Waals surface area contributed by atoms with Crippen molar-refractivity contribution in [2.24, 2.45) is 5.92 Å². The van der Waals surface area contributed by atoms with Crippen LogP contribution in [0.1, 0.15) is 24.8 Å². The van der Waals surface area contributed by atoms with Crippen LogP contribution in [0.5, 0.6) is 0 Å². The fourth-order valence-electron chi connectivity index (χ4n) is 3.21. The lowest BCUT2D eigenvalue weighted by atomic mass is 9.80. The van der Waals surface area contributed by atoms with Crippen LogP contribution in [0.2, 0.25) is 0 Å². The minimum absolute atomic E-state index is 0.170. The summed E-state index contributed by atoms with van der Waals surface area (Å²) in [6.45, 7) is 0.624. The lowest BCUT2D eigenvalue weighted by Gasteiger charge is -2.31. The molecule has 1 aliphatic carbocycles. The molecule has 0 bridgehead atoms. The smallest absolute Gasteiger partial charge is 0.322 e. The summed E-state index contributed by atoms with van der Waals surface area (Å²) in [7, 11) is 0. The molecular formula is C15H20N2O3. The molecule has 0 amide bonds. The van der Waals surface area contributed by atoms with E-state index in [1.54, 1.807) is 0 Å². The average Bonchev–Trinajstić information content (AvgIpc) is 2.89. The highest BCUT2D eigenvalue weighted by molar-refractivity contribution is 5.74.